The van der Waals surface area contributed by atoms with E-state index in [0.29, 0.717) is 18.4 Å². The standard InChI is InChI=1S/C18H27NO5S/c1-3-8-15(9-4-2)25(22,23)13-16(19)18(21)24-17(20)12-14-10-6-5-7-11-14/h5-7,10-11,15-16H,3-4,8-9,12-13,19H2,1-2H3/t16-/m0/s1. The third kappa shape index (κ3) is 7.36. The molecule has 1 aromatic rings. The summed E-state index contributed by atoms with van der Waals surface area (Å²) >= 11 is 0. The number of hydrogen-bond acceptors (Lipinski definition) is 6. The van der Waals surface area contributed by atoms with Gasteiger partial charge in [-0.25, -0.2) is 13.2 Å². The second kappa shape index (κ2) is 10.3. The minimum Gasteiger partial charge on any atom is -0.392 e. The lowest BCUT2D eigenvalue weighted by molar-refractivity contribution is -0.159. The number of carbonyl (C=O) groups excluding carboxylic acids is 2. The normalized spacial score (nSPS) is 12.8. The van der Waals surface area contributed by atoms with E-state index in [9.17, 15) is 18.0 Å². The zero-order valence-electron chi connectivity index (χ0n) is 14.8. The fourth-order valence-corrected chi connectivity index (χ4v) is 4.69. The van der Waals surface area contributed by atoms with Crippen molar-refractivity contribution in [1.82, 2.24) is 0 Å². The van der Waals surface area contributed by atoms with Crippen molar-refractivity contribution < 1.29 is 22.7 Å². The third-order valence-corrected chi connectivity index (χ3v) is 6.16. The van der Waals surface area contributed by atoms with Gasteiger partial charge in [-0.1, -0.05) is 57.0 Å². The van der Waals surface area contributed by atoms with Gasteiger partial charge in [0.1, 0.15) is 6.04 Å². The number of benzene rings is 1. The first-order chi connectivity index (χ1) is 11.8. The zero-order chi connectivity index (χ0) is 18.9. The van der Waals surface area contributed by atoms with Crippen LogP contribution in [0.15, 0.2) is 30.3 Å². The number of sulfone groups is 1. The predicted octanol–water partition coefficient (Wildman–Crippen LogP) is 2.01. The van der Waals surface area contributed by atoms with E-state index in [2.05, 4.69) is 0 Å². The van der Waals surface area contributed by atoms with E-state index < -0.39 is 38.8 Å². The highest BCUT2D eigenvalue weighted by atomic mass is 32.2. The van der Waals surface area contributed by atoms with Gasteiger partial charge < -0.3 is 10.5 Å². The summed E-state index contributed by atoms with van der Waals surface area (Å²) < 4.78 is 29.6. The van der Waals surface area contributed by atoms with Gasteiger partial charge in [0, 0.05) is 0 Å². The van der Waals surface area contributed by atoms with Crippen molar-refractivity contribution in [2.75, 3.05) is 5.75 Å². The van der Waals surface area contributed by atoms with Crippen LogP contribution in [0.2, 0.25) is 0 Å². The van der Waals surface area contributed by atoms with E-state index >= 15 is 0 Å². The van der Waals surface area contributed by atoms with Crippen LogP contribution < -0.4 is 5.73 Å². The summed E-state index contributed by atoms with van der Waals surface area (Å²) in [5.74, 6) is -2.26. The minimum atomic E-state index is -3.52. The Bertz CT molecular complexity index is 651. The summed E-state index contributed by atoms with van der Waals surface area (Å²) in [4.78, 5) is 23.7. The molecule has 0 spiro atoms. The van der Waals surface area contributed by atoms with Crippen LogP contribution in [-0.4, -0.2) is 37.4 Å². The van der Waals surface area contributed by atoms with Crippen molar-refractivity contribution in [3.63, 3.8) is 0 Å². The van der Waals surface area contributed by atoms with Crippen LogP contribution >= 0.6 is 0 Å². The van der Waals surface area contributed by atoms with Crippen molar-refractivity contribution in [1.29, 1.82) is 0 Å². The van der Waals surface area contributed by atoms with Crippen LogP contribution in [0.3, 0.4) is 0 Å². The molecule has 0 aliphatic heterocycles. The highest BCUT2D eigenvalue weighted by Crippen LogP contribution is 2.16. The monoisotopic (exact) mass is 369 g/mol. The molecular formula is C18H27NO5S. The van der Waals surface area contributed by atoms with E-state index in [4.69, 9.17) is 10.5 Å². The summed E-state index contributed by atoms with van der Waals surface area (Å²) in [7, 11) is -3.52. The van der Waals surface area contributed by atoms with E-state index in [1.807, 2.05) is 19.9 Å². The van der Waals surface area contributed by atoms with Crippen LogP contribution in [0.1, 0.15) is 45.1 Å². The number of rotatable bonds is 10. The zero-order valence-corrected chi connectivity index (χ0v) is 15.6. The maximum absolute atomic E-state index is 12.4. The molecular weight excluding hydrogens is 342 g/mol. The molecule has 0 saturated heterocycles. The van der Waals surface area contributed by atoms with E-state index in [0.717, 1.165) is 12.8 Å². The molecule has 0 aliphatic carbocycles. The molecule has 0 fully saturated rings. The molecule has 1 rings (SSSR count). The minimum absolute atomic E-state index is 0.0691. The van der Waals surface area contributed by atoms with Gasteiger partial charge in [-0.15, -0.1) is 0 Å². The van der Waals surface area contributed by atoms with Crippen LogP contribution in [0.4, 0.5) is 0 Å². The van der Waals surface area contributed by atoms with Crippen LogP contribution in [0.25, 0.3) is 0 Å². The Labute approximate surface area is 149 Å². The summed E-state index contributed by atoms with van der Waals surface area (Å²) in [5, 5.41) is -0.513. The molecule has 1 aromatic carbocycles. The Kier molecular flexibility index (Phi) is 8.78. The molecule has 2 N–H and O–H groups in total. The van der Waals surface area contributed by atoms with E-state index in [1.165, 1.54) is 0 Å². The Hall–Kier alpha value is -1.73. The van der Waals surface area contributed by atoms with Gasteiger partial charge in [-0.2, -0.15) is 0 Å². The molecule has 6 nitrogen and oxygen atoms in total. The average Bonchev–Trinajstić information content (AvgIpc) is 2.55. The fourth-order valence-electron chi connectivity index (χ4n) is 2.59. The number of hydrogen-bond donors (Lipinski definition) is 1. The number of esters is 2. The lowest BCUT2D eigenvalue weighted by Gasteiger charge is -2.18. The first kappa shape index (κ1) is 21.3. The average molecular weight is 369 g/mol. The Balaban J connectivity index is 2.61. The SMILES string of the molecule is CCCC(CCC)S(=O)(=O)C[C@H](N)C(=O)OC(=O)Cc1ccccc1. The number of carbonyl (C=O) groups is 2. The topological polar surface area (TPSA) is 104 Å². The number of ether oxygens (including phenoxy) is 1. The molecule has 1 atom stereocenters. The summed E-state index contributed by atoms with van der Waals surface area (Å²) in [5.41, 5.74) is 6.37. The Morgan fingerprint density at radius 3 is 2.16 bits per heavy atom. The maximum Gasteiger partial charge on any atom is 0.331 e. The fraction of sp³-hybridized carbons (Fsp3) is 0.556. The Morgan fingerprint density at radius 1 is 1.08 bits per heavy atom. The first-order valence-corrected chi connectivity index (χ1v) is 10.3. The van der Waals surface area contributed by atoms with E-state index in [1.54, 1.807) is 24.3 Å². The van der Waals surface area contributed by atoms with Gasteiger partial charge in [0.25, 0.3) is 0 Å². The highest BCUT2D eigenvalue weighted by Gasteiger charge is 2.30. The van der Waals surface area contributed by atoms with Crippen molar-refractivity contribution in [2.24, 2.45) is 5.73 Å². The largest absolute Gasteiger partial charge is 0.392 e. The van der Waals surface area contributed by atoms with Gasteiger partial charge in [-0.05, 0) is 18.4 Å². The smallest absolute Gasteiger partial charge is 0.331 e. The molecule has 0 unspecified atom stereocenters. The maximum atomic E-state index is 12.4. The lowest BCUT2D eigenvalue weighted by Crippen LogP contribution is -2.42. The molecule has 140 valence electrons. The summed E-state index contributed by atoms with van der Waals surface area (Å²) in [6, 6.07) is 7.45. The molecule has 0 saturated carbocycles. The predicted molar refractivity (Wildman–Crippen MR) is 96.6 cm³/mol. The summed E-state index contributed by atoms with van der Waals surface area (Å²) in [6.07, 6.45) is 2.47. The molecule has 0 aliphatic rings. The molecule has 0 heterocycles. The summed E-state index contributed by atoms with van der Waals surface area (Å²) in [6.45, 7) is 3.82. The van der Waals surface area contributed by atoms with Crippen LogP contribution in [0, 0.1) is 0 Å². The molecule has 0 radical (unpaired) electrons. The van der Waals surface area contributed by atoms with Crippen molar-refractivity contribution >= 4 is 21.8 Å². The van der Waals surface area contributed by atoms with Gasteiger partial charge in [0.2, 0.25) is 0 Å². The molecule has 0 bridgehead atoms. The molecule has 7 heteroatoms. The van der Waals surface area contributed by atoms with Crippen LogP contribution in [0.5, 0.6) is 0 Å². The Morgan fingerprint density at radius 2 is 1.64 bits per heavy atom. The van der Waals surface area contributed by atoms with Crippen molar-refractivity contribution in [2.45, 2.75) is 57.2 Å². The third-order valence-electron chi connectivity index (χ3n) is 3.85. The van der Waals surface area contributed by atoms with Gasteiger partial charge in [0.15, 0.2) is 9.84 Å². The van der Waals surface area contributed by atoms with Crippen LogP contribution in [-0.2, 0) is 30.6 Å². The van der Waals surface area contributed by atoms with Crippen molar-refractivity contribution in [3.05, 3.63) is 35.9 Å². The first-order valence-electron chi connectivity index (χ1n) is 8.55. The van der Waals surface area contributed by atoms with Gasteiger partial charge >= 0.3 is 11.9 Å². The molecule has 25 heavy (non-hydrogen) atoms. The van der Waals surface area contributed by atoms with Gasteiger partial charge in [0.05, 0.1) is 17.4 Å². The van der Waals surface area contributed by atoms with Gasteiger partial charge in [-0.3, -0.25) is 4.79 Å². The second-order valence-corrected chi connectivity index (χ2v) is 8.42. The molecule has 0 aromatic heterocycles. The quantitative estimate of drug-likeness (QED) is 0.500. The lowest BCUT2D eigenvalue weighted by atomic mass is 10.2. The highest BCUT2D eigenvalue weighted by molar-refractivity contribution is 7.92. The molecule has 0 amide bonds. The van der Waals surface area contributed by atoms with Crippen molar-refractivity contribution in [3.8, 4) is 0 Å². The number of nitrogens with two attached hydrogens (primary N) is 1. The van der Waals surface area contributed by atoms with E-state index in [-0.39, 0.29) is 6.42 Å². The second-order valence-electron chi connectivity index (χ2n) is 6.09.